The molecule has 0 unspecified atom stereocenters. The normalized spacial score (nSPS) is 9.71. The van der Waals surface area contributed by atoms with Gasteiger partial charge < -0.3 is 11.1 Å². The van der Waals surface area contributed by atoms with Crippen LogP contribution in [0.5, 0.6) is 0 Å². The van der Waals surface area contributed by atoms with Crippen LogP contribution in [0, 0.1) is 0 Å². The van der Waals surface area contributed by atoms with E-state index in [9.17, 15) is 4.79 Å². The van der Waals surface area contributed by atoms with Crippen molar-refractivity contribution in [2.45, 2.75) is 38.6 Å². The second-order valence-corrected chi connectivity index (χ2v) is 4.64. The summed E-state index contributed by atoms with van der Waals surface area (Å²) >= 11 is 1.66. The third-order valence-corrected chi connectivity index (χ3v) is 3.16. The van der Waals surface area contributed by atoms with Gasteiger partial charge in [-0.25, -0.2) is 0 Å². The molecule has 1 rings (SSSR count). The van der Waals surface area contributed by atoms with Gasteiger partial charge in [-0.1, -0.05) is 12.8 Å². The molecule has 0 aliphatic rings. The fraction of sp³-hybridized carbons (Fsp3) is 0.583. The number of rotatable bonds is 8. The maximum absolute atomic E-state index is 11.4. The maximum Gasteiger partial charge on any atom is 0.220 e. The monoisotopic (exact) mass is 276 g/mol. The van der Waals surface area contributed by atoms with Crippen LogP contribution in [0.1, 0.15) is 37.7 Å². The summed E-state index contributed by atoms with van der Waals surface area (Å²) in [7, 11) is 0. The Kier molecular flexibility index (Phi) is 10.2. The van der Waals surface area contributed by atoms with E-state index in [4.69, 9.17) is 5.73 Å². The number of thiophene rings is 1. The van der Waals surface area contributed by atoms with Crippen molar-refractivity contribution in [2.24, 2.45) is 5.73 Å². The number of hydrogen-bond acceptors (Lipinski definition) is 3. The standard InChI is InChI=1S/C12H20N2OS.ClH/c13-7-4-2-1-3-5-12(15)14-9-11-6-8-16-10-11;/h6,8,10H,1-5,7,9,13H2,(H,14,15);1H. The first-order valence-corrected chi connectivity index (χ1v) is 6.75. The Morgan fingerprint density at radius 2 is 2.06 bits per heavy atom. The minimum absolute atomic E-state index is 0. The maximum atomic E-state index is 11.4. The summed E-state index contributed by atoms with van der Waals surface area (Å²) in [4.78, 5) is 11.4. The molecule has 98 valence electrons. The fourth-order valence-corrected chi connectivity index (χ4v) is 2.13. The summed E-state index contributed by atoms with van der Waals surface area (Å²) in [6.45, 7) is 1.41. The molecular weight excluding hydrogens is 256 g/mol. The molecule has 0 aliphatic carbocycles. The summed E-state index contributed by atoms with van der Waals surface area (Å²) < 4.78 is 0. The lowest BCUT2D eigenvalue weighted by molar-refractivity contribution is -0.121. The Labute approximate surface area is 113 Å². The van der Waals surface area contributed by atoms with Crippen molar-refractivity contribution in [3.63, 3.8) is 0 Å². The first-order valence-electron chi connectivity index (χ1n) is 5.81. The molecule has 0 saturated heterocycles. The van der Waals surface area contributed by atoms with Crippen molar-refractivity contribution in [3.8, 4) is 0 Å². The highest BCUT2D eigenvalue weighted by atomic mass is 35.5. The lowest BCUT2D eigenvalue weighted by atomic mass is 10.1. The van der Waals surface area contributed by atoms with Crippen molar-refractivity contribution in [2.75, 3.05) is 6.54 Å². The molecule has 0 spiro atoms. The minimum Gasteiger partial charge on any atom is -0.352 e. The third kappa shape index (κ3) is 8.18. The van der Waals surface area contributed by atoms with E-state index in [1.54, 1.807) is 11.3 Å². The van der Waals surface area contributed by atoms with E-state index in [0.29, 0.717) is 13.0 Å². The lowest BCUT2D eigenvalue weighted by Gasteiger charge is -2.03. The number of nitrogens with one attached hydrogen (secondary N) is 1. The number of unbranched alkanes of at least 4 members (excludes halogenated alkanes) is 3. The summed E-state index contributed by atoms with van der Waals surface area (Å²) in [5, 5.41) is 7.00. The van der Waals surface area contributed by atoms with E-state index in [1.165, 1.54) is 5.56 Å². The van der Waals surface area contributed by atoms with E-state index in [-0.39, 0.29) is 18.3 Å². The van der Waals surface area contributed by atoms with Crippen LogP contribution in [-0.2, 0) is 11.3 Å². The third-order valence-electron chi connectivity index (χ3n) is 2.43. The number of carbonyl (C=O) groups excluding carboxylic acids is 1. The van der Waals surface area contributed by atoms with Gasteiger partial charge in [-0.2, -0.15) is 11.3 Å². The van der Waals surface area contributed by atoms with Crippen molar-refractivity contribution in [1.82, 2.24) is 5.32 Å². The molecule has 0 bridgehead atoms. The zero-order valence-corrected chi connectivity index (χ0v) is 11.6. The highest BCUT2D eigenvalue weighted by Gasteiger charge is 2.01. The van der Waals surface area contributed by atoms with Crippen LogP contribution in [0.25, 0.3) is 0 Å². The van der Waals surface area contributed by atoms with Crippen LogP contribution in [0.3, 0.4) is 0 Å². The Morgan fingerprint density at radius 1 is 1.29 bits per heavy atom. The molecular formula is C12H21ClN2OS. The molecule has 0 atom stereocenters. The van der Waals surface area contributed by atoms with Gasteiger partial charge in [-0.15, -0.1) is 12.4 Å². The first-order chi connectivity index (χ1) is 7.83. The van der Waals surface area contributed by atoms with Gasteiger partial charge in [0.1, 0.15) is 0 Å². The van der Waals surface area contributed by atoms with Crippen LogP contribution < -0.4 is 11.1 Å². The molecule has 17 heavy (non-hydrogen) atoms. The molecule has 0 aliphatic heterocycles. The largest absolute Gasteiger partial charge is 0.352 e. The Hall–Kier alpha value is -0.580. The molecule has 3 N–H and O–H groups in total. The topological polar surface area (TPSA) is 55.1 Å². The molecule has 1 aromatic heterocycles. The van der Waals surface area contributed by atoms with Gasteiger partial charge in [0.25, 0.3) is 0 Å². The molecule has 0 saturated carbocycles. The lowest BCUT2D eigenvalue weighted by Crippen LogP contribution is -2.21. The zero-order valence-electron chi connectivity index (χ0n) is 9.98. The summed E-state index contributed by atoms with van der Waals surface area (Å²) in [6.07, 6.45) is 4.90. The van der Waals surface area contributed by atoms with Crippen LogP contribution in [0.2, 0.25) is 0 Å². The molecule has 1 heterocycles. The quantitative estimate of drug-likeness (QED) is 0.718. The molecule has 0 fully saturated rings. The minimum atomic E-state index is 0. The van der Waals surface area contributed by atoms with E-state index in [1.807, 2.05) is 11.4 Å². The van der Waals surface area contributed by atoms with Crippen LogP contribution in [0.4, 0.5) is 0 Å². The van der Waals surface area contributed by atoms with Crippen molar-refractivity contribution >= 4 is 29.7 Å². The van der Waals surface area contributed by atoms with Gasteiger partial charge in [-0.05, 0) is 41.8 Å². The van der Waals surface area contributed by atoms with Gasteiger partial charge in [-0.3, -0.25) is 4.79 Å². The van der Waals surface area contributed by atoms with Crippen molar-refractivity contribution in [3.05, 3.63) is 22.4 Å². The first kappa shape index (κ1) is 16.4. The second-order valence-electron chi connectivity index (χ2n) is 3.86. The molecule has 0 radical (unpaired) electrons. The number of hydrogen-bond donors (Lipinski definition) is 2. The van der Waals surface area contributed by atoms with Gasteiger partial charge >= 0.3 is 0 Å². The Morgan fingerprint density at radius 3 is 2.71 bits per heavy atom. The summed E-state index contributed by atoms with van der Waals surface area (Å²) in [6, 6.07) is 2.03. The predicted molar refractivity (Wildman–Crippen MR) is 75.6 cm³/mol. The van der Waals surface area contributed by atoms with E-state index < -0.39 is 0 Å². The fourth-order valence-electron chi connectivity index (χ4n) is 1.47. The number of halogens is 1. The van der Waals surface area contributed by atoms with Crippen LogP contribution >= 0.6 is 23.7 Å². The average Bonchev–Trinajstić information content (AvgIpc) is 2.79. The van der Waals surface area contributed by atoms with E-state index in [0.717, 1.165) is 32.2 Å². The van der Waals surface area contributed by atoms with Gasteiger partial charge in [0.2, 0.25) is 5.91 Å². The summed E-state index contributed by atoms with van der Waals surface area (Å²) in [5.41, 5.74) is 6.58. The number of amides is 1. The zero-order chi connectivity index (χ0) is 11.6. The average molecular weight is 277 g/mol. The van der Waals surface area contributed by atoms with Crippen molar-refractivity contribution < 1.29 is 4.79 Å². The number of carbonyl (C=O) groups is 1. The van der Waals surface area contributed by atoms with E-state index in [2.05, 4.69) is 10.7 Å². The van der Waals surface area contributed by atoms with Crippen LogP contribution in [-0.4, -0.2) is 12.5 Å². The van der Waals surface area contributed by atoms with Gasteiger partial charge in [0, 0.05) is 13.0 Å². The molecule has 1 aromatic rings. The molecule has 0 aromatic carbocycles. The molecule has 3 nitrogen and oxygen atoms in total. The highest BCUT2D eigenvalue weighted by Crippen LogP contribution is 2.06. The smallest absolute Gasteiger partial charge is 0.220 e. The van der Waals surface area contributed by atoms with Crippen molar-refractivity contribution in [1.29, 1.82) is 0 Å². The second kappa shape index (κ2) is 10.6. The SMILES string of the molecule is Cl.NCCCCCCC(=O)NCc1ccsc1. The van der Waals surface area contributed by atoms with E-state index >= 15 is 0 Å². The Balaban J connectivity index is 0.00000256. The molecule has 1 amide bonds. The highest BCUT2D eigenvalue weighted by molar-refractivity contribution is 7.07. The summed E-state index contributed by atoms with van der Waals surface area (Å²) in [5.74, 6) is 0.152. The number of nitrogens with two attached hydrogens (primary N) is 1. The molecule has 5 heteroatoms. The van der Waals surface area contributed by atoms with Gasteiger partial charge in [0.15, 0.2) is 0 Å². The predicted octanol–water partition coefficient (Wildman–Crippen LogP) is 2.70. The van der Waals surface area contributed by atoms with Gasteiger partial charge in [0.05, 0.1) is 0 Å². The van der Waals surface area contributed by atoms with Crippen LogP contribution in [0.15, 0.2) is 16.8 Å². The Bertz CT molecular complexity index is 291.